The lowest BCUT2D eigenvalue weighted by Gasteiger charge is -2.24. The topological polar surface area (TPSA) is 53.2 Å². The fourth-order valence-electron chi connectivity index (χ4n) is 2.73. The second-order valence-electron chi connectivity index (χ2n) is 5.04. The minimum atomic E-state index is -0.0359. The Kier molecular flexibility index (Phi) is 3.60. The maximum Gasteiger partial charge on any atom is 0.256 e. The molecule has 4 nitrogen and oxygen atoms in total. The molecule has 102 valence electrons. The first kappa shape index (κ1) is 13.6. The molecule has 1 aliphatic rings. The number of nitrogens with one attached hydrogen (secondary N) is 1. The summed E-state index contributed by atoms with van der Waals surface area (Å²) in [7, 11) is 0. The van der Waals surface area contributed by atoms with Gasteiger partial charge in [-0.15, -0.1) is 0 Å². The molecule has 0 spiro atoms. The number of ketones is 1. The number of hydrogen-bond acceptors (Lipinski definition) is 2. The highest BCUT2D eigenvalue weighted by Gasteiger charge is 2.28. The summed E-state index contributed by atoms with van der Waals surface area (Å²) in [6, 6.07) is 0.168. The van der Waals surface area contributed by atoms with E-state index in [2.05, 4.69) is 18.0 Å². The van der Waals surface area contributed by atoms with Gasteiger partial charge in [0.1, 0.15) is 0 Å². The molecule has 0 radical (unpaired) electrons. The molecule has 1 aliphatic heterocycles. The summed E-state index contributed by atoms with van der Waals surface area (Å²) in [6.45, 7) is 7.91. The molecule has 4 heteroatoms. The molecule has 1 amide bonds. The number of rotatable bonds is 3. The number of Topliss-reactive ketones (excluding diaryl/α,β-unsaturated/α-hetero) is 1. The monoisotopic (exact) mass is 260 g/mol. The quantitative estimate of drug-likeness (QED) is 0.671. The second-order valence-corrected chi connectivity index (χ2v) is 5.04. The van der Waals surface area contributed by atoms with Crippen LogP contribution in [0.1, 0.15) is 52.4 Å². The van der Waals surface area contributed by atoms with Gasteiger partial charge in [-0.05, 0) is 25.8 Å². The van der Waals surface area contributed by atoms with Crippen LogP contribution in [0.25, 0.3) is 0 Å². The van der Waals surface area contributed by atoms with E-state index in [4.69, 9.17) is 0 Å². The van der Waals surface area contributed by atoms with E-state index >= 15 is 0 Å². The van der Waals surface area contributed by atoms with Crippen molar-refractivity contribution in [2.45, 2.75) is 40.2 Å². The Bertz CT molecular complexity index is 555. The fourth-order valence-corrected chi connectivity index (χ4v) is 2.73. The molecule has 2 rings (SSSR count). The van der Waals surface area contributed by atoms with Gasteiger partial charge in [-0.25, -0.2) is 0 Å². The standard InChI is InChI=1S/C15H20N2O2/c1-5-12-7-6-8-17(12)15(19)13-9(2)14(11(4)18)16-10(13)3/h6-7,12,16H,5,8H2,1-4H3/t12-/m1/s1. The van der Waals surface area contributed by atoms with Crippen LogP contribution in [0.4, 0.5) is 0 Å². The SMILES string of the molecule is CC[C@@H]1C=CCN1C(=O)c1c(C)[nH]c(C(C)=O)c1C. The maximum absolute atomic E-state index is 12.6. The van der Waals surface area contributed by atoms with Crippen LogP contribution in [0.5, 0.6) is 0 Å². The van der Waals surface area contributed by atoms with Gasteiger partial charge < -0.3 is 9.88 Å². The number of nitrogens with zero attached hydrogens (tertiary/aromatic N) is 1. The van der Waals surface area contributed by atoms with E-state index in [-0.39, 0.29) is 17.7 Å². The van der Waals surface area contributed by atoms with Crippen molar-refractivity contribution in [2.75, 3.05) is 6.54 Å². The number of carbonyl (C=O) groups is 2. The van der Waals surface area contributed by atoms with E-state index in [1.165, 1.54) is 6.92 Å². The van der Waals surface area contributed by atoms with Gasteiger partial charge in [-0.3, -0.25) is 9.59 Å². The molecule has 0 aromatic carbocycles. The van der Waals surface area contributed by atoms with Gasteiger partial charge in [0, 0.05) is 19.2 Å². The molecule has 1 aromatic rings. The molecule has 0 bridgehead atoms. The van der Waals surface area contributed by atoms with Crippen molar-refractivity contribution in [3.63, 3.8) is 0 Å². The number of aromatic amines is 1. The fraction of sp³-hybridized carbons (Fsp3) is 0.467. The number of aromatic nitrogens is 1. The molecular formula is C15H20N2O2. The molecule has 19 heavy (non-hydrogen) atoms. The summed E-state index contributed by atoms with van der Waals surface area (Å²) in [5.41, 5.74) is 2.72. The summed E-state index contributed by atoms with van der Waals surface area (Å²) >= 11 is 0. The van der Waals surface area contributed by atoms with E-state index < -0.39 is 0 Å². The molecule has 1 atom stereocenters. The van der Waals surface area contributed by atoms with Crippen LogP contribution in [0.3, 0.4) is 0 Å². The number of hydrogen-bond donors (Lipinski definition) is 1. The Hall–Kier alpha value is -1.84. The third-order valence-corrected chi connectivity index (χ3v) is 3.74. The van der Waals surface area contributed by atoms with E-state index in [0.29, 0.717) is 17.8 Å². The number of carbonyl (C=O) groups excluding carboxylic acids is 2. The summed E-state index contributed by atoms with van der Waals surface area (Å²) in [6.07, 6.45) is 5.00. The van der Waals surface area contributed by atoms with Crippen LogP contribution < -0.4 is 0 Å². The van der Waals surface area contributed by atoms with Crippen molar-refractivity contribution in [1.82, 2.24) is 9.88 Å². The van der Waals surface area contributed by atoms with Crippen LogP contribution in [-0.2, 0) is 0 Å². The normalized spacial score (nSPS) is 18.1. The molecule has 1 N–H and O–H groups in total. The number of H-pyrrole nitrogens is 1. The van der Waals surface area contributed by atoms with Crippen molar-refractivity contribution in [2.24, 2.45) is 0 Å². The second kappa shape index (κ2) is 5.03. The van der Waals surface area contributed by atoms with Gasteiger partial charge >= 0.3 is 0 Å². The average molecular weight is 260 g/mol. The molecule has 0 fully saturated rings. The summed E-state index contributed by atoms with van der Waals surface area (Å²) in [5.74, 6) is -0.0261. The molecule has 1 aromatic heterocycles. The van der Waals surface area contributed by atoms with Gasteiger partial charge in [0.2, 0.25) is 0 Å². The Morgan fingerprint density at radius 3 is 2.63 bits per heavy atom. The van der Waals surface area contributed by atoms with Crippen LogP contribution in [0, 0.1) is 13.8 Å². The average Bonchev–Trinajstić information content (AvgIpc) is 2.93. The van der Waals surface area contributed by atoms with E-state index in [9.17, 15) is 9.59 Å². The first-order valence-corrected chi connectivity index (χ1v) is 6.65. The zero-order valence-electron chi connectivity index (χ0n) is 11.9. The molecule has 2 heterocycles. The summed E-state index contributed by atoms with van der Waals surface area (Å²) < 4.78 is 0. The lowest BCUT2D eigenvalue weighted by atomic mass is 10.1. The van der Waals surface area contributed by atoms with Gasteiger partial charge in [0.05, 0.1) is 17.3 Å². The highest BCUT2D eigenvalue weighted by atomic mass is 16.2. The molecule has 0 saturated heterocycles. The Labute approximate surface area is 113 Å². The minimum Gasteiger partial charge on any atom is -0.355 e. The molecule has 0 saturated carbocycles. The van der Waals surface area contributed by atoms with Crippen molar-refractivity contribution >= 4 is 11.7 Å². The zero-order valence-corrected chi connectivity index (χ0v) is 11.9. The Morgan fingerprint density at radius 1 is 1.42 bits per heavy atom. The lowest BCUT2D eigenvalue weighted by Crippen LogP contribution is -2.36. The maximum atomic E-state index is 12.6. The molecular weight excluding hydrogens is 240 g/mol. The first-order valence-electron chi connectivity index (χ1n) is 6.65. The van der Waals surface area contributed by atoms with E-state index in [0.717, 1.165) is 17.7 Å². The third kappa shape index (κ3) is 2.23. The largest absolute Gasteiger partial charge is 0.355 e. The Balaban J connectivity index is 2.37. The van der Waals surface area contributed by atoms with Gasteiger partial charge in [0.15, 0.2) is 5.78 Å². The highest BCUT2D eigenvalue weighted by Crippen LogP contribution is 2.23. The van der Waals surface area contributed by atoms with Crippen molar-refractivity contribution in [1.29, 1.82) is 0 Å². The van der Waals surface area contributed by atoms with Crippen molar-refractivity contribution < 1.29 is 9.59 Å². The first-order chi connectivity index (χ1) is 8.97. The number of amides is 1. The van der Waals surface area contributed by atoms with Gasteiger partial charge in [-0.1, -0.05) is 19.1 Å². The van der Waals surface area contributed by atoms with Gasteiger partial charge in [-0.2, -0.15) is 0 Å². The minimum absolute atomic E-state index is 0.00981. The number of aryl methyl sites for hydroxylation is 1. The van der Waals surface area contributed by atoms with Gasteiger partial charge in [0.25, 0.3) is 5.91 Å². The Morgan fingerprint density at radius 2 is 2.11 bits per heavy atom. The summed E-state index contributed by atoms with van der Waals surface area (Å²) in [4.78, 5) is 29.1. The van der Waals surface area contributed by atoms with Crippen LogP contribution >= 0.6 is 0 Å². The van der Waals surface area contributed by atoms with Crippen molar-refractivity contribution in [3.05, 3.63) is 34.7 Å². The zero-order chi connectivity index (χ0) is 14.2. The molecule has 0 unspecified atom stereocenters. The van der Waals surface area contributed by atoms with E-state index in [1.807, 2.05) is 24.8 Å². The van der Waals surface area contributed by atoms with E-state index in [1.54, 1.807) is 0 Å². The third-order valence-electron chi connectivity index (χ3n) is 3.74. The smallest absolute Gasteiger partial charge is 0.256 e. The lowest BCUT2D eigenvalue weighted by molar-refractivity contribution is 0.0746. The predicted molar refractivity (Wildman–Crippen MR) is 74.5 cm³/mol. The molecule has 0 aliphatic carbocycles. The van der Waals surface area contributed by atoms with Crippen LogP contribution in [-0.4, -0.2) is 34.2 Å². The van der Waals surface area contributed by atoms with Crippen LogP contribution in [0.15, 0.2) is 12.2 Å². The summed E-state index contributed by atoms with van der Waals surface area (Å²) in [5, 5.41) is 0. The highest BCUT2D eigenvalue weighted by molar-refractivity contribution is 6.02. The predicted octanol–water partition coefficient (Wildman–Crippen LogP) is 2.62. The van der Waals surface area contributed by atoms with Crippen LogP contribution in [0.2, 0.25) is 0 Å². The van der Waals surface area contributed by atoms with Crippen molar-refractivity contribution in [3.8, 4) is 0 Å².